The average Bonchev–Trinajstić information content (AvgIpc) is 1.77. The zero-order valence-corrected chi connectivity index (χ0v) is 58.3. The molecule has 2 atom stereocenters. The molecule has 524 valence electrons. The predicted molar refractivity (Wildman–Crippen MR) is 395 cm³/mol. The molecule has 8 N–H and O–H groups in total. The van der Waals surface area contributed by atoms with Crippen molar-refractivity contribution < 1.29 is 47.9 Å². The molecule has 9 rings (SSSR count). The number of hydrogen-bond donors (Lipinski definition) is 8. The fraction of sp³-hybridized carbons (Fsp3) is 0.438. The summed E-state index contributed by atoms with van der Waals surface area (Å²) in [6.45, 7) is 21.0. The normalized spacial score (nSPS) is 13.1. The van der Waals surface area contributed by atoms with Crippen LogP contribution in [0.3, 0.4) is 0 Å². The highest BCUT2D eigenvalue weighted by atomic mass is 16.5. The number of ether oxygens (including phenoxy) is 1. The number of rotatable bonds is 32. The van der Waals surface area contributed by atoms with Gasteiger partial charge in [-0.1, -0.05) is 125 Å². The van der Waals surface area contributed by atoms with Crippen LogP contribution in [0, 0.1) is 0 Å². The SMILES string of the molecule is C.CCCCC(=O)c1cccc2c1-c1ccc(NC(=O)CCCC(=O)NCCC)cc1C2C.CCCNC(=O)CCCC(=O)Nc1ccc2c(c1)C(C)c1cc(NC(=O)CCCC(=O)NCCC)ccc1-2.CCCOCC(=O)Nc1ccc2c(c1)C(C)c1cc(NC(=O)CC)ccc1-2. The fourth-order valence-corrected chi connectivity index (χ4v) is 12.4. The Labute approximate surface area is 580 Å². The number of amides is 8. The molecule has 98 heavy (non-hydrogen) atoms. The maximum absolute atomic E-state index is 12.8. The van der Waals surface area contributed by atoms with Gasteiger partial charge in [-0.05, 0) is 179 Å². The van der Waals surface area contributed by atoms with Crippen molar-refractivity contribution in [2.75, 3.05) is 59.4 Å². The van der Waals surface area contributed by atoms with Gasteiger partial charge in [-0.25, -0.2) is 0 Å². The summed E-state index contributed by atoms with van der Waals surface area (Å²) < 4.78 is 5.29. The first-order valence-electron chi connectivity index (χ1n) is 35.0. The minimum Gasteiger partial charge on any atom is -0.372 e. The van der Waals surface area contributed by atoms with Gasteiger partial charge in [0.25, 0.3) is 0 Å². The average molecular weight is 1340 g/mol. The quantitative estimate of drug-likeness (QED) is 0.0146. The number of Topliss-reactive ketones (excluding diaryl/α,β-unsaturated/α-hetero) is 1. The maximum atomic E-state index is 12.8. The van der Waals surface area contributed by atoms with E-state index in [9.17, 15) is 43.2 Å². The number of fused-ring (bicyclic) bond motifs is 9. The third-order valence-electron chi connectivity index (χ3n) is 17.5. The van der Waals surface area contributed by atoms with Crippen LogP contribution in [0.4, 0.5) is 28.4 Å². The Balaban J connectivity index is 0.000000234. The standard InChI is InChI=1S/C30H40N4O4.C27H34N2O3.C22H26N2O3.CH4/c1-4-16-31-27(35)8-6-10-29(37)33-21-12-14-23-24-15-13-22(19-26(24)20(3)25(23)18-21)34-30(38)11-7-9-28(36)32-17-5-2;1-4-6-11-24(30)22-10-7-9-20-18(3)23-17-19(14-15-21(23)27(20)22)29-26(32)13-8-12-25(31)28-16-5-2;1-4-10-27-13-22(26)24-16-7-9-18-17-8-6-15(23-21(25)5-2)11-19(17)14(3)20(18)12-16;/h12-15,18-20H,4-11,16-17H2,1-3H3,(H,31,35)(H,32,36)(H,33,37)(H,34,38);7,9-10,14-15,17-18H,4-6,8,11-13,16H2,1-3H3,(H,28,31)(H,29,32);6-9,11-12,14H,4-5,10,13H2,1-3H3,(H,23,25)(H,24,26);1H4. The first-order valence-corrected chi connectivity index (χ1v) is 35.0. The minimum atomic E-state index is -0.142. The molecule has 0 spiro atoms. The van der Waals surface area contributed by atoms with E-state index in [-0.39, 0.29) is 84.8 Å². The first kappa shape index (κ1) is 77.7. The van der Waals surface area contributed by atoms with E-state index in [1.807, 2.05) is 132 Å². The summed E-state index contributed by atoms with van der Waals surface area (Å²) in [4.78, 5) is 109. The molecule has 18 nitrogen and oxygen atoms in total. The summed E-state index contributed by atoms with van der Waals surface area (Å²) in [7, 11) is 0. The van der Waals surface area contributed by atoms with Gasteiger partial charge in [-0.2, -0.15) is 0 Å². The lowest BCUT2D eigenvalue weighted by molar-refractivity contribution is -0.122. The van der Waals surface area contributed by atoms with Crippen molar-refractivity contribution >= 4 is 81.5 Å². The van der Waals surface area contributed by atoms with Crippen molar-refractivity contribution in [3.8, 4) is 33.4 Å². The molecule has 18 heteroatoms. The second-order valence-electron chi connectivity index (χ2n) is 25.2. The highest BCUT2D eigenvalue weighted by Crippen LogP contribution is 2.49. The van der Waals surface area contributed by atoms with Crippen LogP contribution in [0.25, 0.3) is 33.4 Å². The van der Waals surface area contributed by atoms with Gasteiger partial charge in [0.15, 0.2) is 5.78 Å². The smallest absolute Gasteiger partial charge is 0.250 e. The van der Waals surface area contributed by atoms with E-state index >= 15 is 0 Å². The van der Waals surface area contributed by atoms with Gasteiger partial charge in [-0.3, -0.25) is 43.2 Å². The molecule has 0 radical (unpaired) electrons. The van der Waals surface area contributed by atoms with E-state index in [2.05, 4.69) is 82.4 Å². The summed E-state index contributed by atoms with van der Waals surface area (Å²) in [5.41, 5.74) is 18.3. The summed E-state index contributed by atoms with van der Waals surface area (Å²) in [6.07, 6.45) is 9.99. The Hall–Kier alpha value is -9.29. The lowest BCUT2D eigenvalue weighted by Crippen LogP contribution is -2.24. The number of anilines is 5. The Kier molecular flexibility index (Phi) is 31.1. The Morgan fingerprint density at radius 1 is 0.347 bits per heavy atom. The number of carbonyl (C=O) groups excluding carboxylic acids is 9. The van der Waals surface area contributed by atoms with Crippen LogP contribution in [0.1, 0.15) is 240 Å². The number of unbranched alkanes of at least 4 members (excludes halogenated alkanes) is 1. The van der Waals surface area contributed by atoms with E-state index in [1.165, 1.54) is 27.8 Å². The first-order chi connectivity index (χ1) is 46.8. The number of nitrogens with one attached hydrogen (secondary N) is 8. The Morgan fingerprint density at radius 2 is 0.684 bits per heavy atom. The van der Waals surface area contributed by atoms with Crippen LogP contribution in [0.2, 0.25) is 0 Å². The molecule has 0 fully saturated rings. The lowest BCUT2D eigenvalue weighted by atomic mass is 9.94. The van der Waals surface area contributed by atoms with Crippen molar-refractivity contribution in [1.82, 2.24) is 16.0 Å². The number of ketones is 1. The van der Waals surface area contributed by atoms with Crippen molar-refractivity contribution in [3.05, 3.63) is 148 Å². The van der Waals surface area contributed by atoms with Crippen LogP contribution in [-0.4, -0.2) is 85.9 Å². The molecule has 3 aliphatic rings. The van der Waals surface area contributed by atoms with Gasteiger partial charge < -0.3 is 47.3 Å². The molecular weight excluding hydrogens is 1230 g/mol. The number of hydrogen-bond acceptors (Lipinski definition) is 10. The predicted octanol–water partition coefficient (Wildman–Crippen LogP) is 16.1. The van der Waals surface area contributed by atoms with E-state index in [1.54, 1.807) is 0 Å². The molecule has 2 unspecified atom stereocenters. The van der Waals surface area contributed by atoms with E-state index < -0.39 is 0 Å². The highest BCUT2D eigenvalue weighted by Gasteiger charge is 2.31. The summed E-state index contributed by atoms with van der Waals surface area (Å²) in [5, 5.41) is 23.2. The van der Waals surface area contributed by atoms with Gasteiger partial charge in [0.05, 0.1) is 0 Å². The van der Waals surface area contributed by atoms with Gasteiger partial charge in [0.1, 0.15) is 6.61 Å². The topological polar surface area (TPSA) is 259 Å². The summed E-state index contributed by atoms with van der Waals surface area (Å²) >= 11 is 0. The Morgan fingerprint density at radius 3 is 1.04 bits per heavy atom. The molecular formula is C80H104N8O10. The van der Waals surface area contributed by atoms with Crippen molar-refractivity contribution in [2.45, 2.75) is 197 Å². The Bertz CT molecular complexity index is 3690. The van der Waals surface area contributed by atoms with E-state index in [0.717, 1.165) is 111 Å². The van der Waals surface area contributed by atoms with Crippen LogP contribution in [-0.2, 0) is 43.1 Å². The molecule has 6 aromatic carbocycles. The fourth-order valence-electron chi connectivity index (χ4n) is 12.4. The van der Waals surface area contributed by atoms with Crippen LogP contribution in [0.5, 0.6) is 0 Å². The molecule has 0 saturated carbocycles. The van der Waals surface area contributed by atoms with Gasteiger partial charge in [0, 0.05) is 129 Å². The monoisotopic (exact) mass is 1340 g/mol. The zero-order valence-electron chi connectivity index (χ0n) is 58.3. The molecule has 3 aliphatic carbocycles. The molecule has 0 aromatic heterocycles. The van der Waals surface area contributed by atoms with E-state index in [0.29, 0.717) is 96.9 Å². The molecule has 0 saturated heterocycles. The van der Waals surface area contributed by atoms with Crippen molar-refractivity contribution in [1.29, 1.82) is 0 Å². The van der Waals surface area contributed by atoms with Gasteiger partial charge in [0.2, 0.25) is 47.3 Å². The molecule has 8 amide bonds. The van der Waals surface area contributed by atoms with Crippen molar-refractivity contribution in [3.63, 3.8) is 0 Å². The zero-order chi connectivity index (χ0) is 70.0. The summed E-state index contributed by atoms with van der Waals surface area (Å²) in [5.74, 6) is 0.184. The second-order valence-corrected chi connectivity index (χ2v) is 25.2. The molecule has 0 heterocycles. The van der Waals surface area contributed by atoms with Gasteiger partial charge in [-0.15, -0.1) is 0 Å². The highest BCUT2D eigenvalue weighted by molar-refractivity contribution is 6.05. The van der Waals surface area contributed by atoms with Crippen LogP contribution >= 0.6 is 0 Å². The lowest BCUT2D eigenvalue weighted by Gasteiger charge is -2.11. The molecule has 0 aliphatic heterocycles. The maximum Gasteiger partial charge on any atom is 0.250 e. The van der Waals surface area contributed by atoms with E-state index in [4.69, 9.17) is 4.74 Å². The third kappa shape index (κ3) is 21.9. The largest absolute Gasteiger partial charge is 0.372 e. The molecule has 0 bridgehead atoms. The van der Waals surface area contributed by atoms with Crippen LogP contribution in [0.15, 0.2) is 109 Å². The van der Waals surface area contributed by atoms with Gasteiger partial charge >= 0.3 is 0 Å². The minimum absolute atomic E-state index is 0. The number of carbonyl (C=O) groups is 9. The summed E-state index contributed by atoms with van der Waals surface area (Å²) in [6, 6.07) is 35.8. The van der Waals surface area contributed by atoms with Crippen molar-refractivity contribution in [2.24, 2.45) is 0 Å². The van der Waals surface area contributed by atoms with Crippen LogP contribution < -0.4 is 42.5 Å². The third-order valence-corrected chi connectivity index (χ3v) is 17.5. The second kappa shape index (κ2) is 39.2. The number of benzene rings is 6. The molecule has 6 aromatic rings.